The van der Waals surface area contributed by atoms with Crippen molar-refractivity contribution in [1.29, 1.82) is 0 Å². The van der Waals surface area contributed by atoms with E-state index in [-0.39, 0.29) is 6.10 Å². The molecule has 6 nitrogen and oxygen atoms in total. The molecule has 0 radical (unpaired) electrons. The molecule has 0 saturated heterocycles. The molecule has 21 heavy (non-hydrogen) atoms. The lowest BCUT2D eigenvalue weighted by atomic mass is 9.79. The minimum absolute atomic E-state index is 0.000865. The Morgan fingerprint density at radius 2 is 2.10 bits per heavy atom. The first-order valence-corrected chi connectivity index (χ1v) is 7.63. The molecule has 0 aromatic carbocycles. The lowest BCUT2D eigenvalue weighted by Gasteiger charge is -2.35. The van der Waals surface area contributed by atoms with E-state index in [1.54, 1.807) is 0 Å². The highest BCUT2D eigenvalue weighted by atomic mass is 16.5. The predicted molar refractivity (Wildman–Crippen MR) is 83.3 cm³/mol. The van der Waals surface area contributed by atoms with Crippen molar-refractivity contribution in [3.8, 4) is 5.88 Å². The second-order valence-electron chi connectivity index (χ2n) is 6.37. The summed E-state index contributed by atoms with van der Waals surface area (Å²) in [6.07, 6.45) is 5.14. The molecule has 0 unspecified atom stereocenters. The van der Waals surface area contributed by atoms with Gasteiger partial charge in [-0.15, -0.1) is 0 Å². The molecule has 1 aromatic rings. The highest BCUT2D eigenvalue weighted by Gasteiger charge is 2.31. The minimum Gasteiger partial charge on any atom is -0.473 e. The zero-order chi connectivity index (χ0) is 15.5. The molecule has 1 aliphatic rings. The summed E-state index contributed by atoms with van der Waals surface area (Å²) >= 11 is 0. The second kappa shape index (κ2) is 6.47. The van der Waals surface area contributed by atoms with Crippen LogP contribution in [-0.4, -0.2) is 33.3 Å². The van der Waals surface area contributed by atoms with Gasteiger partial charge >= 0.3 is 0 Å². The first kappa shape index (κ1) is 15.8. The van der Waals surface area contributed by atoms with Gasteiger partial charge in [-0.2, -0.15) is 4.98 Å². The van der Waals surface area contributed by atoms with Crippen molar-refractivity contribution in [1.82, 2.24) is 9.97 Å². The first-order valence-electron chi connectivity index (χ1n) is 7.63. The second-order valence-corrected chi connectivity index (χ2v) is 6.37. The molecule has 0 aliphatic heterocycles. The lowest BCUT2D eigenvalue weighted by molar-refractivity contribution is 0.00495. The Kier molecular flexibility index (Phi) is 4.88. The standard InChI is InChI=1S/C15H26N4O2/c1-10(2)21-14-12(16)13(18-9-19-14)17-8-15(20)6-4-11(3)5-7-15/h9-11,20H,4-8,16H2,1-3H3,(H,17,18,19). The number of nitrogen functional groups attached to an aromatic ring is 1. The third-order valence-electron chi connectivity index (χ3n) is 3.98. The Hall–Kier alpha value is -1.56. The number of rotatable bonds is 5. The summed E-state index contributed by atoms with van der Waals surface area (Å²) in [5.74, 6) is 1.60. The smallest absolute Gasteiger partial charge is 0.242 e. The van der Waals surface area contributed by atoms with Gasteiger partial charge in [0.05, 0.1) is 11.7 Å². The van der Waals surface area contributed by atoms with Gasteiger partial charge in [0.1, 0.15) is 12.0 Å². The molecule has 0 bridgehead atoms. The number of aromatic nitrogens is 2. The number of nitrogens with zero attached hydrogens (tertiary/aromatic N) is 2. The molecule has 2 rings (SSSR count). The van der Waals surface area contributed by atoms with Gasteiger partial charge in [-0.1, -0.05) is 6.92 Å². The van der Waals surface area contributed by atoms with E-state index in [4.69, 9.17) is 10.5 Å². The van der Waals surface area contributed by atoms with Crippen molar-refractivity contribution < 1.29 is 9.84 Å². The van der Waals surface area contributed by atoms with E-state index in [1.807, 2.05) is 13.8 Å². The third kappa shape index (κ3) is 4.20. The van der Waals surface area contributed by atoms with Gasteiger partial charge in [0.25, 0.3) is 0 Å². The molecule has 1 heterocycles. The fraction of sp³-hybridized carbons (Fsp3) is 0.733. The van der Waals surface area contributed by atoms with E-state index in [2.05, 4.69) is 22.2 Å². The van der Waals surface area contributed by atoms with Crippen molar-refractivity contribution in [2.45, 2.75) is 58.2 Å². The van der Waals surface area contributed by atoms with Gasteiger partial charge in [0.15, 0.2) is 5.82 Å². The zero-order valence-electron chi connectivity index (χ0n) is 13.1. The number of hydrogen-bond acceptors (Lipinski definition) is 6. The van der Waals surface area contributed by atoms with E-state index in [1.165, 1.54) is 6.33 Å². The maximum absolute atomic E-state index is 10.6. The quantitative estimate of drug-likeness (QED) is 0.771. The Morgan fingerprint density at radius 1 is 1.43 bits per heavy atom. The Bertz CT molecular complexity index is 471. The number of anilines is 2. The van der Waals surface area contributed by atoms with Gasteiger partial charge in [-0.25, -0.2) is 4.98 Å². The van der Waals surface area contributed by atoms with Gasteiger partial charge in [-0.3, -0.25) is 0 Å². The third-order valence-corrected chi connectivity index (χ3v) is 3.98. The summed E-state index contributed by atoms with van der Waals surface area (Å²) in [4.78, 5) is 8.18. The molecule has 0 amide bonds. The van der Waals surface area contributed by atoms with Gasteiger partial charge in [0, 0.05) is 6.54 Å². The number of aliphatic hydroxyl groups is 1. The first-order chi connectivity index (χ1) is 9.89. The SMILES string of the molecule is CC1CCC(O)(CNc2ncnc(OC(C)C)c2N)CC1. The van der Waals surface area contributed by atoms with Crippen LogP contribution in [0.15, 0.2) is 6.33 Å². The molecule has 1 aliphatic carbocycles. The summed E-state index contributed by atoms with van der Waals surface area (Å²) in [5.41, 5.74) is 5.73. The molecule has 4 N–H and O–H groups in total. The average Bonchev–Trinajstić information content (AvgIpc) is 2.43. The van der Waals surface area contributed by atoms with Crippen LogP contribution in [0.4, 0.5) is 11.5 Å². The fourth-order valence-corrected chi connectivity index (χ4v) is 2.56. The van der Waals surface area contributed by atoms with E-state index in [9.17, 15) is 5.11 Å². The van der Waals surface area contributed by atoms with Crippen molar-refractivity contribution in [2.24, 2.45) is 5.92 Å². The van der Waals surface area contributed by atoms with Crippen molar-refractivity contribution in [3.05, 3.63) is 6.33 Å². The normalized spacial score (nSPS) is 25.9. The summed E-state index contributed by atoms with van der Waals surface area (Å²) in [5, 5.41) is 13.7. The molecule has 6 heteroatoms. The topological polar surface area (TPSA) is 93.3 Å². The Balaban J connectivity index is 2.00. The zero-order valence-corrected chi connectivity index (χ0v) is 13.1. The van der Waals surface area contributed by atoms with E-state index >= 15 is 0 Å². The summed E-state index contributed by atoms with van der Waals surface area (Å²) in [6.45, 7) is 6.51. The van der Waals surface area contributed by atoms with Crippen molar-refractivity contribution in [2.75, 3.05) is 17.6 Å². The van der Waals surface area contributed by atoms with Crippen molar-refractivity contribution in [3.63, 3.8) is 0 Å². The molecule has 118 valence electrons. The summed E-state index contributed by atoms with van der Waals surface area (Å²) in [7, 11) is 0. The molecule has 1 saturated carbocycles. The molecule has 0 spiro atoms. The summed E-state index contributed by atoms with van der Waals surface area (Å²) in [6, 6.07) is 0. The Morgan fingerprint density at radius 3 is 2.71 bits per heavy atom. The average molecular weight is 294 g/mol. The van der Waals surface area contributed by atoms with Gasteiger partial charge in [-0.05, 0) is 45.4 Å². The number of nitrogens with one attached hydrogen (secondary N) is 1. The summed E-state index contributed by atoms with van der Waals surface area (Å²) < 4.78 is 5.54. The van der Waals surface area contributed by atoms with E-state index in [0.717, 1.165) is 25.7 Å². The molecule has 0 atom stereocenters. The molecule has 1 aromatic heterocycles. The largest absolute Gasteiger partial charge is 0.473 e. The van der Waals surface area contributed by atoms with Crippen LogP contribution < -0.4 is 15.8 Å². The van der Waals surface area contributed by atoms with Crippen molar-refractivity contribution >= 4 is 11.5 Å². The maximum atomic E-state index is 10.6. The maximum Gasteiger partial charge on any atom is 0.242 e. The van der Waals surface area contributed by atoms with Gasteiger partial charge < -0.3 is 20.9 Å². The van der Waals surface area contributed by atoms with E-state index in [0.29, 0.717) is 29.8 Å². The Labute approximate surface area is 126 Å². The van der Waals surface area contributed by atoms with Crippen LogP contribution >= 0.6 is 0 Å². The monoisotopic (exact) mass is 294 g/mol. The molecule has 1 fully saturated rings. The highest BCUT2D eigenvalue weighted by molar-refractivity contribution is 5.66. The van der Waals surface area contributed by atoms with Gasteiger partial charge in [0.2, 0.25) is 5.88 Å². The number of ether oxygens (including phenoxy) is 1. The van der Waals surface area contributed by atoms with Crippen LogP contribution in [0.25, 0.3) is 0 Å². The highest BCUT2D eigenvalue weighted by Crippen LogP contribution is 2.33. The molecular formula is C15H26N4O2. The van der Waals surface area contributed by atoms with Crippen LogP contribution in [0.2, 0.25) is 0 Å². The predicted octanol–water partition coefficient (Wildman–Crippen LogP) is 2.20. The van der Waals surface area contributed by atoms with E-state index < -0.39 is 5.60 Å². The number of hydrogen-bond donors (Lipinski definition) is 3. The van der Waals surface area contributed by atoms with Crippen LogP contribution in [0.3, 0.4) is 0 Å². The minimum atomic E-state index is -0.678. The number of nitrogens with two attached hydrogens (primary N) is 1. The lowest BCUT2D eigenvalue weighted by Crippen LogP contribution is -2.40. The van der Waals surface area contributed by atoms with Crippen LogP contribution in [-0.2, 0) is 0 Å². The van der Waals surface area contributed by atoms with Crippen LogP contribution in [0.1, 0.15) is 46.5 Å². The van der Waals surface area contributed by atoms with Crippen LogP contribution in [0, 0.1) is 5.92 Å². The van der Waals surface area contributed by atoms with Crippen LogP contribution in [0.5, 0.6) is 5.88 Å². The molecular weight excluding hydrogens is 268 g/mol. The fourth-order valence-electron chi connectivity index (χ4n) is 2.56.